The number of hydrogen-bond acceptors (Lipinski definition) is 6. The van der Waals surface area contributed by atoms with Crippen molar-refractivity contribution in [1.29, 1.82) is 0 Å². The molecule has 8 heteroatoms. The van der Waals surface area contributed by atoms with Gasteiger partial charge in [0.1, 0.15) is 11.5 Å². The topological polar surface area (TPSA) is 72.2 Å². The SMILES string of the molecule is COC(=O)c1ccc(CN2CCCN(C(=O)c3ccc(OC)c(Br)c3)CC2)o1. The van der Waals surface area contributed by atoms with E-state index < -0.39 is 5.97 Å². The van der Waals surface area contributed by atoms with Crippen LogP contribution in [-0.4, -0.2) is 62.1 Å². The largest absolute Gasteiger partial charge is 0.496 e. The highest BCUT2D eigenvalue weighted by Gasteiger charge is 2.22. The minimum Gasteiger partial charge on any atom is -0.496 e. The maximum atomic E-state index is 12.9. The van der Waals surface area contributed by atoms with E-state index in [0.29, 0.717) is 36.7 Å². The van der Waals surface area contributed by atoms with Gasteiger partial charge < -0.3 is 18.8 Å². The van der Waals surface area contributed by atoms with E-state index in [1.54, 1.807) is 37.4 Å². The van der Waals surface area contributed by atoms with Gasteiger partial charge in [-0.1, -0.05) is 0 Å². The molecule has 0 atom stereocenters. The maximum Gasteiger partial charge on any atom is 0.373 e. The Hall–Kier alpha value is -2.32. The summed E-state index contributed by atoms with van der Waals surface area (Å²) >= 11 is 3.43. The van der Waals surface area contributed by atoms with Crippen molar-refractivity contribution in [1.82, 2.24) is 9.80 Å². The standard InChI is InChI=1S/C20H23BrN2O5/c1-26-17-6-4-14(12-16(17)21)19(24)23-9-3-8-22(10-11-23)13-15-5-7-18(28-15)20(25)27-2/h4-7,12H,3,8-11,13H2,1-2H3. The lowest BCUT2D eigenvalue weighted by atomic mass is 10.2. The average Bonchev–Trinajstić information content (AvgIpc) is 3.04. The normalized spacial score (nSPS) is 15.2. The molecular formula is C20H23BrN2O5. The molecule has 1 aromatic heterocycles. The lowest BCUT2D eigenvalue weighted by Gasteiger charge is -2.22. The van der Waals surface area contributed by atoms with Gasteiger partial charge in [0.2, 0.25) is 5.76 Å². The first-order chi connectivity index (χ1) is 13.5. The Morgan fingerprint density at radius 1 is 1.11 bits per heavy atom. The van der Waals surface area contributed by atoms with Gasteiger partial charge in [0.05, 0.1) is 25.2 Å². The predicted octanol–water partition coefficient (Wildman–Crippen LogP) is 3.19. The van der Waals surface area contributed by atoms with Crippen LogP contribution >= 0.6 is 15.9 Å². The molecule has 1 aliphatic heterocycles. The van der Waals surface area contributed by atoms with Gasteiger partial charge in [-0.2, -0.15) is 0 Å². The van der Waals surface area contributed by atoms with Gasteiger partial charge in [-0.15, -0.1) is 0 Å². The molecule has 2 heterocycles. The zero-order valence-electron chi connectivity index (χ0n) is 15.9. The van der Waals surface area contributed by atoms with E-state index in [9.17, 15) is 9.59 Å². The van der Waals surface area contributed by atoms with Crippen molar-refractivity contribution in [3.8, 4) is 5.75 Å². The van der Waals surface area contributed by atoms with Crippen molar-refractivity contribution >= 4 is 27.8 Å². The van der Waals surface area contributed by atoms with Crippen LogP contribution in [0.15, 0.2) is 39.2 Å². The quantitative estimate of drug-likeness (QED) is 0.651. The predicted molar refractivity (Wildman–Crippen MR) is 107 cm³/mol. The van der Waals surface area contributed by atoms with Crippen LogP contribution < -0.4 is 4.74 Å². The molecule has 150 valence electrons. The summed E-state index contributed by atoms with van der Waals surface area (Å²) in [5.41, 5.74) is 0.634. The van der Waals surface area contributed by atoms with Gasteiger partial charge in [0, 0.05) is 31.7 Å². The first kappa shape index (κ1) is 20.4. The fraction of sp³-hybridized carbons (Fsp3) is 0.400. The molecule has 0 radical (unpaired) electrons. The molecule has 0 spiro atoms. The second kappa shape index (κ2) is 9.25. The number of furan rings is 1. The summed E-state index contributed by atoms with van der Waals surface area (Å²) in [6.45, 7) is 3.51. The number of carbonyl (C=O) groups is 2. The molecule has 3 rings (SSSR count). The number of carbonyl (C=O) groups excluding carboxylic acids is 2. The summed E-state index contributed by atoms with van der Waals surface area (Å²) < 4.78 is 16.2. The third kappa shape index (κ3) is 4.74. The van der Waals surface area contributed by atoms with Crippen molar-refractivity contribution < 1.29 is 23.5 Å². The van der Waals surface area contributed by atoms with E-state index in [-0.39, 0.29) is 11.7 Å². The first-order valence-corrected chi connectivity index (χ1v) is 9.83. The molecule has 1 aliphatic rings. The van der Waals surface area contributed by atoms with Gasteiger partial charge in [0.25, 0.3) is 5.91 Å². The third-order valence-corrected chi connectivity index (χ3v) is 5.32. The Labute approximate surface area is 172 Å². The number of benzene rings is 1. The molecule has 1 saturated heterocycles. The van der Waals surface area contributed by atoms with Gasteiger partial charge in [0.15, 0.2) is 0 Å². The number of hydrogen-bond donors (Lipinski definition) is 0. The Balaban J connectivity index is 1.60. The van der Waals surface area contributed by atoms with E-state index >= 15 is 0 Å². The summed E-state index contributed by atoms with van der Waals surface area (Å²) in [5, 5.41) is 0. The van der Waals surface area contributed by atoms with Gasteiger partial charge in [-0.25, -0.2) is 4.79 Å². The van der Waals surface area contributed by atoms with Crippen molar-refractivity contribution in [2.24, 2.45) is 0 Å². The highest BCUT2D eigenvalue weighted by atomic mass is 79.9. The molecule has 1 amide bonds. The summed E-state index contributed by atoms with van der Waals surface area (Å²) in [6, 6.07) is 8.77. The Bertz CT molecular complexity index is 851. The second-order valence-corrected chi connectivity index (χ2v) is 7.38. The molecule has 1 aromatic carbocycles. The van der Waals surface area contributed by atoms with Gasteiger partial charge in [-0.05, 0) is 52.7 Å². The van der Waals surface area contributed by atoms with E-state index in [1.807, 2.05) is 4.90 Å². The smallest absolute Gasteiger partial charge is 0.373 e. The molecule has 2 aromatic rings. The van der Waals surface area contributed by atoms with E-state index in [1.165, 1.54) is 7.11 Å². The first-order valence-electron chi connectivity index (χ1n) is 9.04. The van der Waals surface area contributed by atoms with Crippen molar-refractivity contribution in [3.63, 3.8) is 0 Å². The van der Waals surface area contributed by atoms with Crippen molar-refractivity contribution in [3.05, 3.63) is 51.9 Å². The minimum absolute atomic E-state index is 0.0104. The molecule has 0 saturated carbocycles. The number of ether oxygens (including phenoxy) is 2. The van der Waals surface area contributed by atoms with Crippen LogP contribution in [-0.2, 0) is 11.3 Å². The highest BCUT2D eigenvalue weighted by molar-refractivity contribution is 9.10. The van der Waals surface area contributed by atoms with Crippen molar-refractivity contribution in [2.75, 3.05) is 40.4 Å². The van der Waals surface area contributed by atoms with E-state index in [0.717, 1.165) is 24.0 Å². The fourth-order valence-corrected chi connectivity index (χ4v) is 3.75. The Morgan fingerprint density at radius 3 is 2.64 bits per heavy atom. The minimum atomic E-state index is -0.482. The van der Waals surface area contributed by atoms with Crippen LogP contribution in [0.4, 0.5) is 0 Å². The van der Waals surface area contributed by atoms with Gasteiger partial charge in [-0.3, -0.25) is 9.69 Å². The molecular weight excluding hydrogens is 428 g/mol. The molecule has 0 unspecified atom stereocenters. The van der Waals surface area contributed by atoms with Crippen LogP contribution in [0.2, 0.25) is 0 Å². The number of esters is 1. The van der Waals surface area contributed by atoms with E-state index in [2.05, 4.69) is 25.6 Å². The highest BCUT2D eigenvalue weighted by Crippen LogP contribution is 2.26. The van der Waals surface area contributed by atoms with Crippen molar-refractivity contribution in [2.45, 2.75) is 13.0 Å². The molecule has 28 heavy (non-hydrogen) atoms. The van der Waals surface area contributed by atoms with Crippen LogP contribution in [0, 0.1) is 0 Å². The summed E-state index contributed by atoms with van der Waals surface area (Å²) in [7, 11) is 2.92. The molecule has 0 N–H and O–H groups in total. The Morgan fingerprint density at radius 2 is 1.93 bits per heavy atom. The monoisotopic (exact) mass is 450 g/mol. The summed E-state index contributed by atoms with van der Waals surface area (Å²) in [6.07, 6.45) is 0.869. The third-order valence-electron chi connectivity index (χ3n) is 4.70. The number of nitrogens with zero attached hydrogens (tertiary/aromatic N) is 2. The number of rotatable bonds is 5. The summed E-state index contributed by atoms with van der Waals surface area (Å²) in [5.74, 6) is 1.14. The zero-order valence-corrected chi connectivity index (χ0v) is 17.5. The molecule has 0 aliphatic carbocycles. The second-order valence-electron chi connectivity index (χ2n) is 6.53. The average molecular weight is 451 g/mol. The lowest BCUT2D eigenvalue weighted by Crippen LogP contribution is -2.35. The zero-order chi connectivity index (χ0) is 20.1. The molecule has 1 fully saturated rings. The Kier molecular flexibility index (Phi) is 6.74. The lowest BCUT2D eigenvalue weighted by molar-refractivity contribution is 0.0560. The molecule has 7 nitrogen and oxygen atoms in total. The summed E-state index contributed by atoms with van der Waals surface area (Å²) in [4.78, 5) is 28.5. The fourth-order valence-electron chi connectivity index (χ4n) is 3.21. The van der Waals surface area contributed by atoms with E-state index in [4.69, 9.17) is 9.15 Å². The molecule has 0 bridgehead atoms. The van der Waals surface area contributed by atoms with Crippen LogP contribution in [0.1, 0.15) is 33.1 Å². The number of halogens is 1. The van der Waals surface area contributed by atoms with Crippen LogP contribution in [0.25, 0.3) is 0 Å². The number of methoxy groups -OCH3 is 2. The number of amides is 1. The van der Waals surface area contributed by atoms with Crippen LogP contribution in [0.5, 0.6) is 5.75 Å². The van der Waals surface area contributed by atoms with Crippen LogP contribution in [0.3, 0.4) is 0 Å². The maximum absolute atomic E-state index is 12.9. The van der Waals surface area contributed by atoms with Gasteiger partial charge >= 0.3 is 5.97 Å².